The number of para-hydroxylation sites is 2. The number of pyridine rings is 1. The lowest BCUT2D eigenvalue weighted by Gasteiger charge is -2.10. The lowest BCUT2D eigenvalue weighted by atomic mass is 10.3. The fourth-order valence-electron chi connectivity index (χ4n) is 1.49. The highest BCUT2D eigenvalue weighted by Crippen LogP contribution is 2.22. The molecule has 0 atom stereocenters. The van der Waals surface area contributed by atoms with E-state index in [1.165, 1.54) is 0 Å². The summed E-state index contributed by atoms with van der Waals surface area (Å²) in [5, 5.41) is 0. The third kappa shape index (κ3) is 2.66. The van der Waals surface area contributed by atoms with Gasteiger partial charge in [0.15, 0.2) is 0 Å². The van der Waals surface area contributed by atoms with Gasteiger partial charge in [0.25, 0.3) is 0 Å². The van der Waals surface area contributed by atoms with Gasteiger partial charge in [-0.3, -0.25) is 0 Å². The van der Waals surface area contributed by atoms with Crippen molar-refractivity contribution in [2.24, 2.45) is 0 Å². The molecule has 0 unspecified atom stereocenters. The summed E-state index contributed by atoms with van der Waals surface area (Å²) in [6, 6.07) is 11.1. The van der Waals surface area contributed by atoms with Gasteiger partial charge >= 0.3 is 0 Å². The zero-order chi connectivity index (χ0) is 12.1. The lowest BCUT2D eigenvalue weighted by molar-refractivity contribution is 0.295. The summed E-state index contributed by atoms with van der Waals surface area (Å²) in [5.74, 6) is 1.24. The van der Waals surface area contributed by atoms with Crippen molar-refractivity contribution in [2.75, 3.05) is 12.8 Å². The van der Waals surface area contributed by atoms with Gasteiger partial charge in [0.2, 0.25) is 5.88 Å². The monoisotopic (exact) mass is 230 g/mol. The molecular weight excluding hydrogens is 216 g/mol. The third-order valence-electron chi connectivity index (χ3n) is 2.35. The minimum atomic E-state index is 0.380. The SMILES string of the molecule is COc1ncccc1COc1ccccc1N. The molecule has 17 heavy (non-hydrogen) atoms. The Hall–Kier alpha value is -2.23. The van der Waals surface area contributed by atoms with Crippen LogP contribution in [0.2, 0.25) is 0 Å². The van der Waals surface area contributed by atoms with Crippen LogP contribution in [-0.2, 0) is 6.61 Å². The molecule has 0 aliphatic heterocycles. The number of nitrogens with zero attached hydrogens (tertiary/aromatic N) is 1. The largest absolute Gasteiger partial charge is 0.487 e. The fraction of sp³-hybridized carbons (Fsp3) is 0.154. The summed E-state index contributed by atoms with van der Waals surface area (Å²) in [5.41, 5.74) is 7.29. The van der Waals surface area contributed by atoms with E-state index in [0.717, 1.165) is 5.56 Å². The van der Waals surface area contributed by atoms with Gasteiger partial charge < -0.3 is 15.2 Å². The molecule has 2 aromatic rings. The van der Waals surface area contributed by atoms with Crippen molar-refractivity contribution in [1.29, 1.82) is 0 Å². The van der Waals surface area contributed by atoms with E-state index in [2.05, 4.69) is 4.98 Å². The summed E-state index contributed by atoms with van der Waals surface area (Å²) < 4.78 is 10.8. The minimum absolute atomic E-state index is 0.380. The highest BCUT2D eigenvalue weighted by Gasteiger charge is 2.05. The van der Waals surface area contributed by atoms with Gasteiger partial charge in [-0.25, -0.2) is 4.98 Å². The van der Waals surface area contributed by atoms with Crippen molar-refractivity contribution in [3.8, 4) is 11.6 Å². The van der Waals surface area contributed by atoms with Crippen LogP contribution in [0.15, 0.2) is 42.6 Å². The van der Waals surface area contributed by atoms with Crippen LogP contribution in [0.5, 0.6) is 11.6 Å². The zero-order valence-corrected chi connectivity index (χ0v) is 9.59. The van der Waals surface area contributed by atoms with Crippen LogP contribution in [0.25, 0.3) is 0 Å². The number of ether oxygens (including phenoxy) is 2. The summed E-state index contributed by atoms with van der Waals surface area (Å²) in [7, 11) is 1.59. The van der Waals surface area contributed by atoms with Crippen molar-refractivity contribution in [1.82, 2.24) is 4.98 Å². The Morgan fingerprint density at radius 3 is 2.76 bits per heavy atom. The maximum atomic E-state index is 5.78. The van der Waals surface area contributed by atoms with Crippen LogP contribution in [0.4, 0.5) is 5.69 Å². The first-order chi connectivity index (χ1) is 8.31. The molecule has 0 spiro atoms. The zero-order valence-electron chi connectivity index (χ0n) is 9.59. The summed E-state index contributed by atoms with van der Waals surface area (Å²) in [6.07, 6.45) is 1.68. The molecule has 2 rings (SSSR count). The Kier molecular flexibility index (Phi) is 3.45. The van der Waals surface area contributed by atoms with Gasteiger partial charge in [-0.2, -0.15) is 0 Å². The van der Waals surface area contributed by atoms with Crippen LogP contribution in [0, 0.1) is 0 Å². The van der Waals surface area contributed by atoms with E-state index >= 15 is 0 Å². The molecule has 0 radical (unpaired) electrons. The normalized spacial score (nSPS) is 9.94. The van der Waals surface area contributed by atoms with Crippen LogP contribution in [0.3, 0.4) is 0 Å². The standard InChI is InChI=1S/C13H14N2O2/c1-16-13-10(5-4-8-15-13)9-17-12-7-3-2-6-11(12)14/h2-8H,9,14H2,1H3. The van der Waals surface area contributed by atoms with Gasteiger partial charge in [0, 0.05) is 6.20 Å². The number of benzene rings is 1. The Bertz CT molecular complexity index is 500. The van der Waals surface area contributed by atoms with Crippen LogP contribution < -0.4 is 15.2 Å². The number of nitrogens with two attached hydrogens (primary N) is 1. The Morgan fingerprint density at radius 2 is 2.00 bits per heavy atom. The van der Waals surface area contributed by atoms with Gasteiger partial charge in [0.05, 0.1) is 18.4 Å². The second-order valence-corrected chi connectivity index (χ2v) is 3.50. The van der Waals surface area contributed by atoms with E-state index in [1.807, 2.05) is 30.3 Å². The molecule has 0 aliphatic carbocycles. The number of hydrogen-bond acceptors (Lipinski definition) is 4. The number of methoxy groups -OCH3 is 1. The van der Waals surface area contributed by atoms with Crippen LogP contribution >= 0.6 is 0 Å². The van der Waals surface area contributed by atoms with Crippen molar-refractivity contribution in [2.45, 2.75) is 6.61 Å². The number of rotatable bonds is 4. The maximum absolute atomic E-state index is 5.78. The lowest BCUT2D eigenvalue weighted by Crippen LogP contribution is -2.01. The third-order valence-corrected chi connectivity index (χ3v) is 2.35. The molecule has 88 valence electrons. The topological polar surface area (TPSA) is 57.4 Å². The van der Waals surface area contributed by atoms with Gasteiger partial charge in [-0.1, -0.05) is 12.1 Å². The summed E-state index contributed by atoms with van der Waals surface area (Å²) in [4.78, 5) is 4.10. The quantitative estimate of drug-likeness (QED) is 0.818. The fourth-order valence-corrected chi connectivity index (χ4v) is 1.49. The van der Waals surface area contributed by atoms with Crippen LogP contribution in [-0.4, -0.2) is 12.1 Å². The molecule has 0 saturated heterocycles. The predicted octanol–water partition coefficient (Wildman–Crippen LogP) is 2.25. The highest BCUT2D eigenvalue weighted by atomic mass is 16.5. The van der Waals surface area contributed by atoms with Gasteiger partial charge in [-0.15, -0.1) is 0 Å². The smallest absolute Gasteiger partial charge is 0.219 e. The van der Waals surface area contributed by atoms with Crippen LogP contribution in [0.1, 0.15) is 5.56 Å². The summed E-state index contributed by atoms with van der Waals surface area (Å²) in [6.45, 7) is 0.380. The molecular formula is C13H14N2O2. The van der Waals surface area contributed by atoms with Crippen molar-refractivity contribution < 1.29 is 9.47 Å². The van der Waals surface area contributed by atoms with E-state index in [4.69, 9.17) is 15.2 Å². The second kappa shape index (κ2) is 5.21. The second-order valence-electron chi connectivity index (χ2n) is 3.50. The Labute approximate surface area is 100 Å². The number of anilines is 1. The van der Waals surface area contributed by atoms with Crippen molar-refractivity contribution in [3.63, 3.8) is 0 Å². The molecule has 1 heterocycles. The molecule has 0 fully saturated rings. The first-order valence-corrected chi connectivity index (χ1v) is 5.26. The minimum Gasteiger partial charge on any atom is -0.487 e. The predicted molar refractivity (Wildman–Crippen MR) is 66.0 cm³/mol. The van der Waals surface area contributed by atoms with Crippen molar-refractivity contribution in [3.05, 3.63) is 48.2 Å². The molecule has 0 bridgehead atoms. The van der Waals surface area contributed by atoms with E-state index in [9.17, 15) is 0 Å². The van der Waals surface area contributed by atoms with Gasteiger partial charge in [0.1, 0.15) is 12.4 Å². The average Bonchev–Trinajstić information content (AvgIpc) is 2.38. The number of nitrogen functional groups attached to an aromatic ring is 1. The molecule has 4 heteroatoms. The molecule has 0 saturated carbocycles. The average molecular weight is 230 g/mol. The molecule has 0 aliphatic rings. The first-order valence-electron chi connectivity index (χ1n) is 5.26. The van der Waals surface area contributed by atoms with E-state index in [0.29, 0.717) is 23.9 Å². The first kappa shape index (κ1) is 11.3. The van der Waals surface area contributed by atoms with E-state index in [-0.39, 0.29) is 0 Å². The van der Waals surface area contributed by atoms with E-state index in [1.54, 1.807) is 19.4 Å². The van der Waals surface area contributed by atoms with E-state index < -0.39 is 0 Å². The Balaban J connectivity index is 2.10. The molecule has 1 aromatic heterocycles. The molecule has 1 aromatic carbocycles. The number of hydrogen-bond donors (Lipinski definition) is 1. The molecule has 2 N–H and O–H groups in total. The van der Waals surface area contributed by atoms with Crippen molar-refractivity contribution >= 4 is 5.69 Å². The summed E-state index contributed by atoms with van der Waals surface area (Å²) >= 11 is 0. The molecule has 4 nitrogen and oxygen atoms in total. The highest BCUT2D eigenvalue weighted by molar-refractivity contribution is 5.51. The van der Waals surface area contributed by atoms with Gasteiger partial charge in [-0.05, 0) is 24.3 Å². The maximum Gasteiger partial charge on any atom is 0.219 e. The number of aromatic nitrogens is 1. The molecule has 0 amide bonds. The Morgan fingerprint density at radius 1 is 1.18 bits per heavy atom.